The number of hydrogen-bond donors (Lipinski definition) is 3. The number of hydrogen-bond acceptors (Lipinski definition) is 3. The van der Waals surface area contributed by atoms with Gasteiger partial charge in [0.1, 0.15) is 11.5 Å². The number of amides is 2. The first kappa shape index (κ1) is 17.4. The van der Waals surface area contributed by atoms with Crippen molar-refractivity contribution in [3.8, 4) is 0 Å². The highest BCUT2D eigenvalue weighted by atomic mass is 35.5. The predicted molar refractivity (Wildman–Crippen MR) is 89.5 cm³/mol. The van der Waals surface area contributed by atoms with Gasteiger partial charge in [0, 0.05) is 10.6 Å². The summed E-state index contributed by atoms with van der Waals surface area (Å²) in [6, 6.07) is 7.85. The van der Waals surface area contributed by atoms with Crippen LogP contribution >= 0.6 is 11.6 Å². The van der Waals surface area contributed by atoms with Crippen molar-refractivity contribution in [2.75, 3.05) is 6.61 Å². The van der Waals surface area contributed by atoms with Crippen LogP contribution in [0.15, 0.2) is 34.7 Å². The zero-order valence-corrected chi connectivity index (χ0v) is 14.1. The smallest absolute Gasteiger partial charge is 0.315 e. The molecule has 1 heterocycles. The van der Waals surface area contributed by atoms with Gasteiger partial charge in [-0.2, -0.15) is 0 Å². The van der Waals surface area contributed by atoms with Crippen LogP contribution in [0.1, 0.15) is 41.7 Å². The Kier molecular flexibility index (Phi) is 5.69. The van der Waals surface area contributed by atoms with Crippen LogP contribution in [-0.4, -0.2) is 17.7 Å². The number of benzene rings is 1. The SMILES string of the molecule is Cc1cc(C(C)NC(=O)NC(CO)c2ccc(Cl)cc2)c(C)o1. The van der Waals surface area contributed by atoms with Crippen molar-refractivity contribution in [2.24, 2.45) is 0 Å². The number of rotatable bonds is 5. The van der Waals surface area contributed by atoms with Crippen LogP contribution < -0.4 is 10.6 Å². The van der Waals surface area contributed by atoms with Gasteiger partial charge >= 0.3 is 6.03 Å². The van der Waals surface area contributed by atoms with Crippen LogP contribution in [0.25, 0.3) is 0 Å². The van der Waals surface area contributed by atoms with Gasteiger partial charge in [0.05, 0.1) is 18.7 Å². The zero-order chi connectivity index (χ0) is 17.0. The molecule has 2 aromatic rings. The summed E-state index contributed by atoms with van der Waals surface area (Å²) in [5, 5.41) is 15.7. The van der Waals surface area contributed by atoms with Gasteiger partial charge in [-0.3, -0.25) is 0 Å². The van der Waals surface area contributed by atoms with E-state index < -0.39 is 6.04 Å². The van der Waals surface area contributed by atoms with E-state index in [-0.39, 0.29) is 18.7 Å². The van der Waals surface area contributed by atoms with Gasteiger partial charge < -0.3 is 20.2 Å². The van der Waals surface area contributed by atoms with Crippen LogP contribution in [-0.2, 0) is 0 Å². The molecule has 0 aliphatic rings. The molecule has 5 nitrogen and oxygen atoms in total. The maximum absolute atomic E-state index is 12.2. The molecule has 0 spiro atoms. The molecule has 2 atom stereocenters. The van der Waals surface area contributed by atoms with Crippen LogP contribution in [0.3, 0.4) is 0 Å². The summed E-state index contributed by atoms with van der Waals surface area (Å²) in [5.41, 5.74) is 1.72. The zero-order valence-electron chi connectivity index (χ0n) is 13.4. The number of aliphatic hydroxyl groups excluding tert-OH is 1. The van der Waals surface area contributed by atoms with E-state index in [1.807, 2.05) is 26.8 Å². The van der Waals surface area contributed by atoms with E-state index in [2.05, 4.69) is 10.6 Å². The summed E-state index contributed by atoms with van der Waals surface area (Å²) in [6.45, 7) is 5.41. The Morgan fingerprint density at radius 3 is 2.43 bits per heavy atom. The van der Waals surface area contributed by atoms with Crippen molar-refractivity contribution in [1.29, 1.82) is 0 Å². The Labute approximate surface area is 140 Å². The number of furan rings is 1. The third-order valence-electron chi connectivity index (χ3n) is 3.65. The lowest BCUT2D eigenvalue weighted by atomic mass is 10.1. The molecule has 0 aliphatic heterocycles. The summed E-state index contributed by atoms with van der Waals surface area (Å²) in [4.78, 5) is 12.2. The lowest BCUT2D eigenvalue weighted by molar-refractivity contribution is 0.214. The Hall–Kier alpha value is -1.98. The highest BCUT2D eigenvalue weighted by Gasteiger charge is 2.18. The fraction of sp³-hybridized carbons (Fsp3) is 0.353. The molecule has 124 valence electrons. The quantitative estimate of drug-likeness (QED) is 0.780. The second-order valence-electron chi connectivity index (χ2n) is 5.49. The van der Waals surface area contributed by atoms with E-state index in [0.717, 1.165) is 22.6 Å². The first-order valence-electron chi connectivity index (χ1n) is 7.41. The molecule has 2 unspecified atom stereocenters. The Balaban J connectivity index is 1.99. The van der Waals surface area contributed by atoms with Crippen LogP contribution in [0.5, 0.6) is 0 Å². The number of carbonyl (C=O) groups is 1. The van der Waals surface area contributed by atoms with Crippen molar-refractivity contribution < 1.29 is 14.3 Å². The molecule has 0 aliphatic carbocycles. The minimum absolute atomic E-state index is 0.197. The third-order valence-corrected chi connectivity index (χ3v) is 3.91. The molecular weight excluding hydrogens is 316 g/mol. The van der Waals surface area contributed by atoms with Gasteiger partial charge in [0.15, 0.2) is 0 Å². The third kappa shape index (κ3) is 4.50. The monoisotopic (exact) mass is 336 g/mol. The molecule has 0 saturated carbocycles. The van der Waals surface area contributed by atoms with Crippen LogP contribution in [0.4, 0.5) is 4.79 Å². The van der Waals surface area contributed by atoms with Crippen molar-refractivity contribution in [3.63, 3.8) is 0 Å². The second kappa shape index (κ2) is 7.53. The van der Waals surface area contributed by atoms with E-state index in [4.69, 9.17) is 16.0 Å². The van der Waals surface area contributed by atoms with E-state index >= 15 is 0 Å². The first-order chi connectivity index (χ1) is 10.9. The Bertz CT molecular complexity index is 667. The number of aliphatic hydroxyl groups is 1. The summed E-state index contributed by atoms with van der Waals surface area (Å²) in [7, 11) is 0. The number of urea groups is 1. The highest BCUT2D eigenvalue weighted by Crippen LogP contribution is 2.21. The van der Waals surface area contributed by atoms with Gasteiger partial charge in [-0.15, -0.1) is 0 Å². The van der Waals surface area contributed by atoms with Crippen LogP contribution in [0.2, 0.25) is 5.02 Å². The van der Waals surface area contributed by atoms with Gasteiger partial charge in [0.25, 0.3) is 0 Å². The van der Waals surface area contributed by atoms with Gasteiger partial charge in [0.2, 0.25) is 0 Å². The molecule has 0 radical (unpaired) electrons. The molecule has 23 heavy (non-hydrogen) atoms. The van der Waals surface area contributed by atoms with Crippen molar-refractivity contribution in [2.45, 2.75) is 32.9 Å². The fourth-order valence-electron chi connectivity index (χ4n) is 2.48. The maximum Gasteiger partial charge on any atom is 0.315 e. The summed E-state index contributed by atoms with van der Waals surface area (Å²) in [6.07, 6.45) is 0. The van der Waals surface area contributed by atoms with Gasteiger partial charge in [-0.1, -0.05) is 23.7 Å². The lowest BCUT2D eigenvalue weighted by Gasteiger charge is -2.20. The van der Waals surface area contributed by atoms with E-state index in [1.165, 1.54) is 0 Å². The van der Waals surface area contributed by atoms with E-state index in [1.54, 1.807) is 24.3 Å². The number of halogens is 1. The van der Waals surface area contributed by atoms with E-state index in [0.29, 0.717) is 5.02 Å². The van der Waals surface area contributed by atoms with Gasteiger partial charge in [-0.25, -0.2) is 4.79 Å². The van der Waals surface area contributed by atoms with Crippen LogP contribution in [0, 0.1) is 13.8 Å². The molecule has 1 aromatic heterocycles. The van der Waals surface area contributed by atoms with Crippen molar-refractivity contribution in [1.82, 2.24) is 10.6 Å². The first-order valence-corrected chi connectivity index (χ1v) is 7.78. The van der Waals surface area contributed by atoms with Crippen molar-refractivity contribution >= 4 is 17.6 Å². The highest BCUT2D eigenvalue weighted by molar-refractivity contribution is 6.30. The van der Waals surface area contributed by atoms with E-state index in [9.17, 15) is 9.90 Å². The fourth-order valence-corrected chi connectivity index (χ4v) is 2.61. The second-order valence-corrected chi connectivity index (χ2v) is 5.93. The molecule has 0 fully saturated rings. The Morgan fingerprint density at radius 2 is 1.91 bits per heavy atom. The summed E-state index contributed by atoms with van der Waals surface area (Å²) < 4.78 is 5.48. The van der Waals surface area contributed by atoms with Gasteiger partial charge in [-0.05, 0) is 44.5 Å². The summed E-state index contributed by atoms with van der Waals surface area (Å²) >= 11 is 5.85. The molecular formula is C17H21ClN2O3. The number of aryl methyl sites for hydroxylation is 2. The number of nitrogens with one attached hydrogen (secondary N) is 2. The minimum atomic E-state index is -0.494. The molecule has 2 amide bonds. The standard InChI is InChI=1S/C17H21ClN2O3/c1-10-8-15(12(3)23-10)11(2)19-17(22)20-16(9-21)13-4-6-14(18)7-5-13/h4-8,11,16,21H,9H2,1-3H3,(H2,19,20,22). The Morgan fingerprint density at radius 1 is 1.26 bits per heavy atom. The summed E-state index contributed by atoms with van der Waals surface area (Å²) in [5.74, 6) is 1.59. The lowest BCUT2D eigenvalue weighted by Crippen LogP contribution is -2.40. The molecule has 0 saturated heterocycles. The average molecular weight is 337 g/mol. The normalized spacial score (nSPS) is 13.4. The predicted octanol–water partition coefficient (Wildman–Crippen LogP) is 3.64. The largest absolute Gasteiger partial charge is 0.466 e. The number of carbonyl (C=O) groups excluding carboxylic acids is 1. The molecule has 0 bridgehead atoms. The topological polar surface area (TPSA) is 74.5 Å². The average Bonchev–Trinajstić information content (AvgIpc) is 2.84. The molecule has 6 heteroatoms. The minimum Gasteiger partial charge on any atom is -0.466 e. The maximum atomic E-state index is 12.2. The molecule has 2 rings (SSSR count). The van der Waals surface area contributed by atoms with Crippen molar-refractivity contribution in [3.05, 3.63) is 58.0 Å². The molecule has 3 N–H and O–H groups in total. The molecule has 1 aromatic carbocycles.